The van der Waals surface area contributed by atoms with Gasteiger partial charge < -0.3 is 15.1 Å². The highest BCUT2D eigenvalue weighted by Crippen LogP contribution is 2.19. The second-order valence-electron chi connectivity index (χ2n) is 8.22. The van der Waals surface area contributed by atoms with Crippen LogP contribution in [0.25, 0.3) is 0 Å². The summed E-state index contributed by atoms with van der Waals surface area (Å²) in [6.45, 7) is 10.9. The summed E-state index contributed by atoms with van der Waals surface area (Å²) in [4.78, 5) is 30.0. The van der Waals surface area contributed by atoms with Crippen LogP contribution in [0.3, 0.4) is 0 Å². The first-order valence-electron chi connectivity index (χ1n) is 10.3. The van der Waals surface area contributed by atoms with Crippen LogP contribution in [0, 0.1) is 19.8 Å². The highest BCUT2D eigenvalue weighted by molar-refractivity contribution is 5.97. The second-order valence-corrected chi connectivity index (χ2v) is 8.22. The molecule has 1 saturated heterocycles. The van der Waals surface area contributed by atoms with E-state index in [2.05, 4.69) is 41.4 Å². The number of piperazine rings is 1. The van der Waals surface area contributed by atoms with Crippen molar-refractivity contribution in [3.05, 3.63) is 65.2 Å². The number of hydrogen-bond acceptors (Lipinski definition) is 3. The van der Waals surface area contributed by atoms with E-state index in [1.807, 2.05) is 43.9 Å². The molecule has 0 spiro atoms. The molecule has 0 radical (unpaired) electrons. The van der Waals surface area contributed by atoms with Crippen LogP contribution in [0.2, 0.25) is 0 Å². The third kappa shape index (κ3) is 5.17. The maximum absolute atomic E-state index is 13.2. The Morgan fingerprint density at radius 1 is 0.897 bits per heavy atom. The summed E-state index contributed by atoms with van der Waals surface area (Å²) in [6.07, 6.45) is 0. The van der Waals surface area contributed by atoms with Gasteiger partial charge in [0.15, 0.2) is 0 Å². The largest absolute Gasteiger partial charge is 0.368 e. The molecule has 1 fully saturated rings. The van der Waals surface area contributed by atoms with Crippen molar-refractivity contribution >= 4 is 17.5 Å². The van der Waals surface area contributed by atoms with Crippen LogP contribution >= 0.6 is 0 Å². The predicted octanol–water partition coefficient (Wildman–Crippen LogP) is 3.41. The number of benzene rings is 2. The number of carbonyl (C=O) groups excluding carboxylic acids is 2. The first kappa shape index (κ1) is 20.9. The minimum Gasteiger partial charge on any atom is -0.368 e. The van der Waals surface area contributed by atoms with Gasteiger partial charge in [0.25, 0.3) is 5.91 Å². The quantitative estimate of drug-likeness (QED) is 0.847. The van der Waals surface area contributed by atoms with E-state index in [0.717, 1.165) is 18.7 Å². The summed E-state index contributed by atoms with van der Waals surface area (Å²) < 4.78 is 0. The number of hydrogen-bond donors (Lipinski definition) is 1. The first-order valence-corrected chi connectivity index (χ1v) is 10.3. The molecule has 2 aromatic carbocycles. The molecule has 29 heavy (non-hydrogen) atoms. The van der Waals surface area contributed by atoms with Crippen molar-refractivity contribution in [1.29, 1.82) is 0 Å². The molecule has 5 heteroatoms. The maximum atomic E-state index is 13.2. The Kier molecular flexibility index (Phi) is 6.57. The van der Waals surface area contributed by atoms with Gasteiger partial charge in [0.2, 0.25) is 5.91 Å². The first-order chi connectivity index (χ1) is 13.8. The number of amides is 2. The van der Waals surface area contributed by atoms with E-state index in [1.165, 1.54) is 11.3 Å². The van der Waals surface area contributed by atoms with Gasteiger partial charge in [0.05, 0.1) is 0 Å². The molecule has 0 aliphatic carbocycles. The van der Waals surface area contributed by atoms with E-state index >= 15 is 0 Å². The van der Waals surface area contributed by atoms with Gasteiger partial charge in [-0.25, -0.2) is 0 Å². The Morgan fingerprint density at radius 3 is 2.10 bits per heavy atom. The summed E-state index contributed by atoms with van der Waals surface area (Å²) in [7, 11) is 0. The number of aryl methyl sites for hydroxylation is 2. The SMILES string of the molecule is Cc1cccc(C(=O)N[C@H](C(=O)N2CCN(c3cccc(C)c3)CC2)C(C)C)c1. The molecule has 3 rings (SSSR count). The molecule has 154 valence electrons. The summed E-state index contributed by atoms with van der Waals surface area (Å²) in [5.41, 5.74) is 4.05. The average molecular weight is 394 g/mol. The van der Waals surface area contributed by atoms with Crippen molar-refractivity contribution < 1.29 is 9.59 Å². The van der Waals surface area contributed by atoms with Crippen LogP contribution in [-0.2, 0) is 4.79 Å². The van der Waals surface area contributed by atoms with Crippen molar-refractivity contribution in [3.63, 3.8) is 0 Å². The molecule has 5 nitrogen and oxygen atoms in total. The fraction of sp³-hybridized carbons (Fsp3) is 0.417. The van der Waals surface area contributed by atoms with Crippen LogP contribution in [0.4, 0.5) is 5.69 Å². The molecular formula is C24H31N3O2. The lowest BCUT2D eigenvalue weighted by atomic mass is 10.0. The molecule has 0 saturated carbocycles. The summed E-state index contributed by atoms with van der Waals surface area (Å²) >= 11 is 0. The van der Waals surface area contributed by atoms with Gasteiger partial charge in [0.1, 0.15) is 6.04 Å². The zero-order valence-corrected chi connectivity index (χ0v) is 17.8. The molecule has 0 unspecified atom stereocenters. The number of nitrogens with one attached hydrogen (secondary N) is 1. The number of anilines is 1. The Morgan fingerprint density at radius 2 is 1.52 bits per heavy atom. The number of nitrogens with zero attached hydrogens (tertiary/aromatic N) is 2. The molecule has 1 heterocycles. The lowest BCUT2D eigenvalue weighted by Crippen LogP contribution is -2.56. The normalized spacial score (nSPS) is 15.3. The van der Waals surface area contributed by atoms with Gasteiger partial charge in [-0.15, -0.1) is 0 Å². The smallest absolute Gasteiger partial charge is 0.251 e. The molecule has 1 aliphatic rings. The summed E-state index contributed by atoms with van der Waals surface area (Å²) in [5.74, 6) is -0.171. The highest BCUT2D eigenvalue weighted by atomic mass is 16.2. The molecule has 1 N–H and O–H groups in total. The van der Waals surface area contributed by atoms with Gasteiger partial charge in [-0.1, -0.05) is 43.7 Å². The number of rotatable bonds is 5. The Balaban J connectivity index is 1.63. The second kappa shape index (κ2) is 9.12. The highest BCUT2D eigenvalue weighted by Gasteiger charge is 2.31. The van der Waals surface area contributed by atoms with Gasteiger partial charge in [-0.05, 0) is 49.6 Å². The molecule has 0 aromatic heterocycles. The fourth-order valence-electron chi connectivity index (χ4n) is 3.73. The topological polar surface area (TPSA) is 52.7 Å². The zero-order valence-electron chi connectivity index (χ0n) is 17.8. The van der Waals surface area contributed by atoms with Crippen molar-refractivity contribution in [2.45, 2.75) is 33.7 Å². The molecule has 1 aliphatic heterocycles. The van der Waals surface area contributed by atoms with Gasteiger partial charge in [-0.2, -0.15) is 0 Å². The van der Waals surface area contributed by atoms with E-state index in [0.29, 0.717) is 18.7 Å². The summed E-state index contributed by atoms with van der Waals surface area (Å²) in [5, 5.41) is 2.96. The van der Waals surface area contributed by atoms with Crippen LogP contribution in [-0.4, -0.2) is 48.9 Å². The van der Waals surface area contributed by atoms with E-state index in [-0.39, 0.29) is 17.7 Å². The van der Waals surface area contributed by atoms with Crippen molar-refractivity contribution in [2.24, 2.45) is 5.92 Å². The van der Waals surface area contributed by atoms with Crippen LogP contribution < -0.4 is 10.2 Å². The van der Waals surface area contributed by atoms with E-state index in [4.69, 9.17) is 0 Å². The van der Waals surface area contributed by atoms with Gasteiger partial charge >= 0.3 is 0 Å². The lowest BCUT2D eigenvalue weighted by Gasteiger charge is -2.38. The minimum absolute atomic E-state index is 0.00453. The minimum atomic E-state index is -0.520. The van der Waals surface area contributed by atoms with Crippen molar-refractivity contribution in [3.8, 4) is 0 Å². The third-order valence-corrected chi connectivity index (χ3v) is 5.46. The molecule has 2 amide bonds. The fourth-order valence-corrected chi connectivity index (χ4v) is 3.73. The zero-order chi connectivity index (χ0) is 21.0. The lowest BCUT2D eigenvalue weighted by molar-refractivity contribution is -0.134. The van der Waals surface area contributed by atoms with Gasteiger partial charge in [-0.3, -0.25) is 9.59 Å². The molecule has 1 atom stereocenters. The summed E-state index contributed by atoms with van der Waals surface area (Å²) in [6, 6.07) is 15.4. The third-order valence-electron chi connectivity index (χ3n) is 5.46. The van der Waals surface area contributed by atoms with Gasteiger partial charge in [0, 0.05) is 37.4 Å². The Labute approximate surface area is 173 Å². The van der Waals surface area contributed by atoms with Crippen molar-refractivity contribution in [1.82, 2.24) is 10.2 Å². The van der Waals surface area contributed by atoms with E-state index in [1.54, 1.807) is 6.07 Å². The van der Waals surface area contributed by atoms with Crippen LogP contribution in [0.1, 0.15) is 35.3 Å². The number of carbonyl (C=O) groups is 2. The van der Waals surface area contributed by atoms with E-state index < -0.39 is 6.04 Å². The monoisotopic (exact) mass is 393 g/mol. The maximum Gasteiger partial charge on any atom is 0.251 e. The van der Waals surface area contributed by atoms with Crippen LogP contribution in [0.5, 0.6) is 0 Å². The Hall–Kier alpha value is -2.82. The average Bonchev–Trinajstić information content (AvgIpc) is 2.71. The molecular weight excluding hydrogens is 362 g/mol. The molecule has 0 bridgehead atoms. The Bertz CT molecular complexity index is 870. The van der Waals surface area contributed by atoms with E-state index in [9.17, 15) is 9.59 Å². The molecule has 2 aromatic rings. The predicted molar refractivity (Wildman–Crippen MR) is 117 cm³/mol. The van der Waals surface area contributed by atoms with Crippen LogP contribution in [0.15, 0.2) is 48.5 Å². The van der Waals surface area contributed by atoms with Crippen molar-refractivity contribution in [2.75, 3.05) is 31.1 Å². The standard InChI is InChI=1S/C24H31N3O2/c1-17(2)22(25-23(28)20-9-5-7-18(3)15-20)24(29)27-13-11-26(12-14-27)21-10-6-8-19(4)16-21/h5-10,15-17,22H,11-14H2,1-4H3,(H,25,28)/t22-/m0/s1.